The van der Waals surface area contributed by atoms with Crippen LogP contribution in [-0.4, -0.2) is 55.2 Å². The standard InChI is InChI=1S/C15H19ClN6/c1-20(2)15-17-6-5-14(19-15)22-9-7-21(8-10-22)13-4-3-12(16)11-18-13/h3-6,11H,7-10H2,1-2H3. The quantitative estimate of drug-likeness (QED) is 0.861. The van der Waals surface area contributed by atoms with E-state index in [-0.39, 0.29) is 0 Å². The Morgan fingerprint density at radius 2 is 1.64 bits per heavy atom. The van der Waals surface area contributed by atoms with Crippen LogP contribution in [0.3, 0.4) is 0 Å². The second-order valence-electron chi connectivity index (χ2n) is 5.42. The van der Waals surface area contributed by atoms with Crippen molar-refractivity contribution < 1.29 is 0 Å². The van der Waals surface area contributed by atoms with Crippen LogP contribution in [0.1, 0.15) is 0 Å². The van der Waals surface area contributed by atoms with Gasteiger partial charge < -0.3 is 14.7 Å². The zero-order valence-corrected chi connectivity index (χ0v) is 13.5. The van der Waals surface area contributed by atoms with Gasteiger partial charge in [-0.25, -0.2) is 9.97 Å². The topological polar surface area (TPSA) is 48.4 Å². The van der Waals surface area contributed by atoms with Gasteiger partial charge in [0, 0.05) is 52.7 Å². The van der Waals surface area contributed by atoms with Gasteiger partial charge in [-0.05, 0) is 18.2 Å². The van der Waals surface area contributed by atoms with E-state index in [1.807, 2.05) is 43.4 Å². The van der Waals surface area contributed by atoms with Crippen LogP contribution in [0.15, 0.2) is 30.6 Å². The summed E-state index contributed by atoms with van der Waals surface area (Å²) in [6.45, 7) is 3.65. The molecular formula is C15H19ClN6. The molecule has 0 amide bonds. The number of halogens is 1. The van der Waals surface area contributed by atoms with Crippen molar-refractivity contribution in [1.82, 2.24) is 15.0 Å². The second-order valence-corrected chi connectivity index (χ2v) is 5.85. The van der Waals surface area contributed by atoms with Gasteiger partial charge >= 0.3 is 0 Å². The highest BCUT2D eigenvalue weighted by Crippen LogP contribution is 2.19. The maximum Gasteiger partial charge on any atom is 0.226 e. The van der Waals surface area contributed by atoms with Gasteiger partial charge in [-0.15, -0.1) is 0 Å². The Labute approximate surface area is 135 Å². The van der Waals surface area contributed by atoms with E-state index >= 15 is 0 Å². The van der Waals surface area contributed by atoms with Crippen LogP contribution in [0.4, 0.5) is 17.6 Å². The molecule has 0 aliphatic carbocycles. The van der Waals surface area contributed by atoms with Crippen LogP contribution < -0.4 is 14.7 Å². The van der Waals surface area contributed by atoms with Crippen molar-refractivity contribution in [3.05, 3.63) is 35.6 Å². The Balaban J connectivity index is 1.66. The number of pyridine rings is 1. The third kappa shape index (κ3) is 3.22. The Hall–Kier alpha value is -2.08. The summed E-state index contributed by atoms with van der Waals surface area (Å²) in [5, 5.41) is 0.666. The predicted octanol–water partition coefficient (Wildman–Crippen LogP) is 1.92. The summed E-state index contributed by atoms with van der Waals surface area (Å²) in [4.78, 5) is 19.7. The molecule has 1 aliphatic heterocycles. The van der Waals surface area contributed by atoms with Gasteiger partial charge in [-0.2, -0.15) is 4.98 Å². The maximum absolute atomic E-state index is 5.89. The minimum atomic E-state index is 0.666. The highest BCUT2D eigenvalue weighted by atomic mass is 35.5. The summed E-state index contributed by atoms with van der Waals surface area (Å²) in [5.74, 6) is 2.68. The van der Waals surface area contributed by atoms with E-state index in [1.165, 1.54) is 0 Å². The molecule has 6 nitrogen and oxygen atoms in total. The summed E-state index contributed by atoms with van der Waals surface area (Å²) in [6.07, 6.45) is 3.50. The number of aromatic nitrogens is 3. The lowest BCUT2D eigenvalue weighted by molar-refractivity contribution is 0.641. The fourth-order valence-electron chi connectivity index (χ4n) is 2.45. The molecule has 0 atom stereocenters. The molecule has 3 heterocycles. The number of piperazine rings is 1. The lowest BCUT2D eigenvalue weighted by Crippen LogP contribution is -2.47. The second kappa shape index (κ2) is 6.36. The summed E-state index contributed by atoms with van der Waals surface area (Å²) in [5.41, 5.74) is 0. The minimum absolute atomic E-state index is 0.666. The van der Waals surface area contributed by atoms with Crippen LogP contribution in [0.2, 0.25) is 5.02 Å². The summed E-state index contributed by atoms with van der Waals surface area (Å²) in [7, 11) is 3.90. The van der Waals surface area contributed by atoms with E-state index in [0.29, 0.717) is 5.02 Å². The van der Waals surface area contributed by atoms with Gasteiger partial charge in [0.15, 0.2) is 0 Å². The first-order valence-electron chi connectivity index (χ1n) is 7.25. The van der Waals surface area contributed by atoms with E-state index in [9.17, 15) is 0 Å². The van der Waals surface area contributed by atoms with Gasteiger partial charge in [0.2, 0.25) is 5.95 Å². The first kappa shape index (κ1) is 14.8. The molecule has 22 heavy (non-hydrogen) atoms. The fraction of sp³-hybridized carbons (Fsp3) is 0.400. The summed E-state index contributed by atoms with van der Waals surface area (Å²) < 4.78 is 0. The molecule has 0 radical (unpaired) electrons. The van der Waals surface area contributed by atoms with Gasteiger partial charge in [0.1, 0.15) is 11.6 Å². The lowest BCUT2D eigenvalue weighted by Gasteiger charge is -2.36. The Morgan fingerprint density at radius 1 is 0.955 bits per heavy atom. The zero-order chi connectivity index (χ0) is 15.5. The van der Waals surface area contributed by atoms with Crippen molar-refractivity contribution in [3.63, 3.8) is 0 Å². The molecule has 0 unspecified atom stereocenters. The molecule has 7 heteroatoms. The Bertz CT molecular complexity index is 622. The molecule has 116 valence electrons. The van der Waals surface area contributed by atoms with Crippen LogP contribution in [0.25, 0.3) is 0 Å². The molecular weight excluding hydrogens is 300 g/mol. The molecule has 1 saturated heterocycles. The zero-order valence-electron chi connectivity index (χ0n) is 12.8. The molecule has 0 bridgehead atoms. The average Bonchev–Trinajstić information content (AvgIpc) is 2.56. The van der Waals surface area contributed by atoms with E-state index < -0.39 is 0 Å². The lowest BCUT2D eigenvalue weighted by atomic mass is 10.3. The Kier molecular flexibility index (Phi) is 4.29. The molecule has 1 fully saturated rings. The molecule has 3 rings (SSSR count). The molecule has 0 spiro atoms. The number of hydrogen-bond donors (Lipinski definition) is 0. The highest BCUT2D eigenvalue weighted by Gasteiger charge is 2.19. The monoisotopic (exact) mass is 318 g/mol. The molecule has 0 aromatic carbocycles. The van der Waals surface area contributed by atoms with E-state index in [0.717, 1.165) is 43.8 Å². The number of anilines is 3. The molecule has 0 saturated carbocycles. The third-order valence-corrected chi connectivity index (χ3v) is 3.89. The molecule has 0 N–H and O–H groups in total. The summed E-state index contributed by atoms with van der Waals surface area (Å²) >= 11 is 5.89. The van der Waals surface area contributed by atoms with Crippen molar-refractivity contribution in [2.75, 3.05) is 55.0 Å². The average molecular weight is 319 g/mol. The molecule has 2 aromatic heterocycles. The van der Waals surface area contributed by atoms with Crippen LogP contribution >= 0.6 is 11.6 Å². The number of nitrogens with zero attached hydrogens (tertiary/aromatic N) is 6. The maximum atomic E-state index is 5.89. The van der Waals surface area contributed by atoms with Crippen molar-refractivity contribution in [2.24, 2.45) is 0 Å². The van der Waals surface area contributed by atoms with Crippen LogP contribution in [0.5, 0.6) is 0 Å². The normalized spacial score (nSPS) is 15.0. The van der Waals surface area contributed by atoms with Crippen molar-refractivity contribution in [2.45, 2.75) is 0 Å². The van der Waals surface area contributed by atoms with E-state index in [4.69, 9.17) is 11.6 Å². The SMILES string of the molecule is CN(C)c1nccc(N2CCN(c3ccc(Cl)cn3)CC2)n1. The van der Waals surface area contributed by atoms with Gasteiger partial charge in [-0.1, -0.05) is 11.6 Å². The number of rotatable bonds is 3. The van der Waals surface area contributed by atoms with Gasteiger partial charge in [-0.3, -0.25) is 0 Å². The van der Waals surface area contributed by atoms with Crippen molar-refractivity contribution in [3.8, 4) is 0 Å². The first-order chi connectivity index (χ1) is 10.6. The van der Waals surface area contributed by atoms with Crippen LogP contribution in [0, 0.1) is 0 Å². The highest BCUT2D eigenvalue weighted by molar-refractivity contribution is 6.30. The first-order valence-corrected chi connectivity index (χ1v) is 7.63. The Morgan fingerprint density at radius 3 is 2.23 bits per heavy atom. The predicted molar refractivity (Wildman–Crippen MR) is 90.0 cm³/mol. The van der Waals surface area contributed by atoms with Crippen molar-refractivity contribution >= 4 is 29.2 Å². The smallest absolute Gasteiger partial charge is 0.226 e. The largest absolute Gasteiger partial charge is 0.353 e. The summed E-state index contributed by atoms with van der Waals surface area (Å²) in [6, 6.07) is 5.81. The van der Waals surface area contributed by atoms with E-state index in [2.05, 4.69) is 24.8 Å². The van der Waals surface area contributed by atoms with Gasteiger partial charge in [0.25, 0.3) is 0 Å². The minimum Gasteiger partial charge on any atom is -0.353 e. The third-order valence-electron chi connectivity index (χ3n) is 3.67. The molecule has 1 aliphatic rings. The van der Waals surface area contributed by atoms with Crippen LogP contribution in [-0.2, 0) is 0 Å². The van der Waals surface area contributed by atoms with E-state index in [1.54, 1.807) is 6.20 Å². The fourth-order valence-corrected chi connectivity index (χ4v) is 2.56. The molecule has 2 aromatic rings. The van der Waals surface area contributed by atoms with Crippen molar-refractivity contribution in [1.29, 1.82) is 0 Å². The van der Waals surface area contributed by atoms with Gasteiger partial charge in [0.05, 0.1) is 5.02 Å². The number of hydrogen-bond acceptors (Lipinski definition) is 6.